The van der Waals surface area contributed by atoms with E-state index >= 15 is 0 Å². The molecule has 1 atom stereocenters. The number of Topliss-reactive ketones (excluding diaryl/α,β-unsaturated/α-hetero) is 1. The number of aryl methyl sites for hydroxylation is 2. The summed E-state index contributed by atoms with van der Waals surface area (Å²) in [7, 11) is 1.53. The van der Waals surface area contributed by atoms with Gasteiger partial charge in [-0.25, -0.2) is 4.98 Å². The van der Waals surface area contributed by atoms with Crippen molar-refractivity contribution in [3.63, 3.8) is 0 Å². The fraction of sp³-hybridized carbons (Fsp3) is 0.179. The molecule has 6 nitrogen and oxygen atoms in total. The summed E-state index contributed by atoms with van der Waals surface area (Å²) in [6, 6.07) is 19.6. The standard InChI is InChI=1S/C28H24N2O4S/c1-4-17-9-11-18(12-10-17)24-23(25(31)19-6-5-7-20(15-19)34-3)26(32)27(33)30(24)28-29-21-13-8-16(2)14-22(21)35-28/h5-15,24,31H,4H2,1-3H3/b25-23+. The van der Waals surface area contributed by atoms with Crippen molar-refractivity contribution in [2.24, 2.45) is 0 Å². The minimum atomic E-state index is -0.811. The lowest BCUT2D eigenvalue weighted by molar-refractivity contribution is -0.132. The molecule has 5 rings (SSSR count). The molecule has 7 heteroatoms. The average molecular weight is 485 g/mol. The van der Waals surface area contributed by atoms with E-state index in [4.69, 9.17) is 4.74 Å². The Morgan fingerprint density at radius 1 is 1.09 bits per heavy atom. The van der Waals surface area contributed by atoms with Crippen molar-refractivity contribution in [2.45, 2.75) is 26.3 Å². The highest BCUT2D eigenvalue weighted by Crippen LogP contribution is 2.44. The van der Waals surface area contributed by atoms with E-state index < -0.39 is 17.7 Å². The maximum Gasteiger partial charge on any atom is 0.301 e. The SMILES string of the molecule is CCc1ccc(C2/C(=C(\O)c3cccc(OC)c3)C(=O)C(=O)N2c2nc3ccc(C)cc3s2)cc1. The number of methoxy groups -OCH3 is 1. The first-order valence-corrected chi connectivity index (χ1v) is 12.1. The van der Waals surface area contributed by atoms with E-state index in [1.807, 2.05) is 49.4 Å². The van der Waals surface area contributed by atoms with Gasteiger partial charge in [-0.05, 0) is 54.3 Å². The minimum absolute atomic E-state index is 0.0305. The molecule has 3 aromatic carbocycles. The van der Waals surface area contributed by atoms with Crippen LogP contribution in [0.2, 0.25) is 0 Å². The van der Waals surface area contributed by atoms with Crippen molar-refractivity contribution in [3.05, 3.63) is 94.6 Å². The minimum Gasteiger partial charge on any atom is -0.507 e. The highest BCUT2D eigenvalue weighted by Gasteiger charge is 2.48. The summed E-state index contributed by atoms with van der Waals surface area (Å²) in [6.45, 7) is 4.06. The largest absolute Gasteiger partial charge is 0.507 e. The lowest BCUT2D eigenvalue weighted by atomic mass is 9.94. The Labute approximate surface area is 207 Å². The van der Waals surface area contributed by atoms with Crippen molar-refractivity contribution in [2.75, 3.05) is 12.0 Å². The van der Waals surface area contributed by atoms with Crippen LogP contribution in [0.1, 0.15) is 35.2 Å². The third-order valence-electron chi connectivity index (χ3n) is 6.23. The molecule has 35 heavy (non-hydrogen) atoms. The first kappa shape index (κ1) is 22.8. The summed E-state index contributed by atoms with van der Waals surface area (Å²) in [6.07, 6.45) is 0.863. The lowest BCUT2D eigenvalue weighted by Crippen LogP contribution is -2.29. The maximum atomic E-state index is 13.4. The average Bonchev–Trinajstić information content (AvgIpc) is 3.41. The van der Waals surface area contributed by atoms with Crippen molar-refractivity contribution in [1.82, 2.24) is 4.98 Å². The molecule has 1 unspecified atom stereocenters. The van der Waals surface area contributed by atoms with Gasteiger partial charge in [-0.3, -0.25) is 14.5 Å². The van der Waals surface area contributed by atoms with Crippen LogP contribution in [0, 0.1) is 6.92 Å². The van der Waals surface area contributed by atoms with Crippen molar-refractivity contribution in [1.29, 1.82) is 0 Å². The fourth-order valence-corrected chi connectivity index (χ4v) is 5.42. The molecule has 2 heterocycles. The molecule has 0 saturated carbocycles. The molecule has 1 saturated heterocycles. The van der Waals surface area contributed by atoms with Crippen LogP contribution in [-0.4, -0.2) is 28.9 Å². The van der Waals surface area contributed by atoms with Gasteiger partial charge >= 0.3 is 5.91 Å². The van der Waals surface area contributed by atoms with E-state index in [2.05, 4.69) is 11.9 Å². The van der Waals surface area contributed by atoms with Gasteiger partial charge in [-0.15, -0.1) is 0 Å². The number of ether oxygens (including phenoxy) is 1. The number of nitrogens with zero attached hydrogens (tertiary/aromatic N) is 2. The topological polar surface area (TPSA) is 79.7 Å². The monoisotopic (exact) mass is 484 g/mol. The Balaban J connectivity index is 1.72. The summed E-state index contributed by atoms with van der Waals surface area (Å²) in [4.78, 5) is 32.9. The Hall–Kier alpha value is -3.97. The van der Waals surface area contributed by atoms with Crippen LogP contribution in [0.3, 0.4) is 0 Å². The number of fused-ring (bicyclic) bond motifs is 1. The van der Waals surface area contributed by atoms with E-state index in [0.717, 1.165) is 33.3 Å². The van der Waals surface area contributed by atoms with E-state index in [1.54, 1.807) is 24.3 Å². The number of rotatable bonds is 5. The third kappa shape index (κ3) is 3.98. The van der Waals surface area contributed by atoms with Gasteiger partial charge in [0.15, 0.2) is 5.13 Å². The van der Waals surface area contributed by atoms with Gasteiger partial charge in [0.1, 0.15) is 11.5 Å². The zero-order valence-corrected chi connectivity index (χ0v) is 20.4. The zero-order valence-electron chi connectivity index (χ0n) is 19.6. The van der Waals surface area contributed by atoms with Crippen LogP contribution in [0.15, 0.2) is 72.3 Å². The summed E-state index contributed by atoms with van der Waals surface area (Å²) < 4.78 is 6.21. The number of aliphatic hydroxyl groups excluding tert-OH is 1. The highest BCUT2D eigenvalue weighted by molar-refractivity contribution is 7.22. The fourth-order valence-electron chi connectivity index (χ4n) is 4.33. The number of carbonyl (C=O) groups excluding carboxylic acids is 2. The van der Waals surface area contributed by atoms with E-state index in [-0.39, 0.29) is 11.3 Å². The van der Waals surface area contributed by atoms with E-state index in [0.29, 0.717) is 16.4 Å². The molecule has 0 radical (unpaired) electrons. The van der Waals surface area contributed by atoms with E-state index in [9.17, 15) is 14.7 Å². The van der Waals surface area contributed by atoms with Gasteiger partial charge < -0.3 is 9.84 Å². The van der Waals surface area contributed by atoms with Gasteiger partial charge in [0, 0.05) is 5.56 Å². The Morgan fingerprint density at radius 2 is 1.86 bits per heavy atom. The Kier molecular flexibility index (Phi) is 5.86. The first-order chi connectivity index (χ1) is 16.9. The highest BCUT2D eigenvalue weighted by atomic mass is 32.1. The molecule has 1 aromatic heterocycles. The second-order valence-electron chi connectivity index (χ2n) is 8.46. The second kappa shape index (κ2) is 9.00. The van der Waals surface area contributed by atoms with Crippen LogP contribution >= 0.6 is 11.3 Å². The molecule has 176 valence electrons. The summed E-state index contributed by atoms with van der Waals surface area (Å²) in [5.74, 6) is -1.17. The molecule has 1 amide bonds. The summed E-state index contributed by atoms with van der Waals surface area (Å²) in [5, 5.41) is 11.7. The van der Waals surface area contributed by atoms with Crippen LogP contribution in [0.4, 0.5) is 5.13 Å². The van der Waals surface area contributed by atoms with Crippen molar-refractivity contribution in [3.8, 4) is 5.75 Å². The Bertz CT molecular complexity index is 1490. The van der Waals surface area contributed by atoms with Gasteiger partial charge in [0.2, 0.25) is 0 Å². The second-order valence-corrected chi connectivity index (χ2v) is 9.47. The van der Waals surface area contributed by atoms with Gasteiger partial charge in [0.05, 0.1) is 28.9 Å². The number of carbonyl (C=O) groups is 2. The number of ketones is 1. The molecule has 1 N–H and O–H groups in total. The van der Waals surface area contributed by atoms with Gasteiger partial charge in [0.25, 0.3) is 5.78 Å². The number of aromatic nitrogens is 1. The van der Waals surface area contributed by atoms with Gasteiger partial charge in [-0.1, -0.05) is 60.7 Å². The number of hydrogen-bond donors (Lipinski definition) is 1. The quantitative estimate of drug-likeness (QED) is 0.220. The molecule has 1 aliphatic heterocycles. The van der Waals surface area contributed by atoms with Gasteiger partial charge in [-0.2, -0.15) is 0 Å². The predicted octanol–water partition coefficient (Wildman–Crippen LogP) is 5.80. The molecule has 1 fully saturated rings. The molecular weight excluding hydrogens is 460 g/mol. The number of hydrogen-bond acceptors (Lipinski definition) is 6. The first-order valence-electron chi connectivity index (χ1n) is 11.3. The number of benzene rings is 3. The van der Waals surface area contributed by atoms with Crippen LogP contribution < -0.4 is 9.64 Å². The normalized spacial score (nSPS) is 17.3. The predicted molar refractivity (Wildman–Crippen MR) is 138 cm³/mol. The van der Waals surface area contributed by atoms with Crippen LogP contribution in [0.5, 0.6) is 5.75 Å². The molecule has 0 spiro atoms. The maximum absolute atomic E-state index is 13.4. The number of anilines is 1. The van der Waals surface area contributed by atoms with Crippen LogP contribution in [-0.2, 0) is 16.0 Å². The molecule has 4 aromatic rings. The Morgan fingerprint density at radius 3 is 2.57 bits per heavy atom. The summed E-state index contributed by atoms with van der Waals surface area (Å²) in [5.41, 5.74) is 4.13. The number of amides is 1. The zero-order chi connectivity index (χ0) is 24.7. The molecule has 1 aliphatic rings. The molecular formula is C28H24N2O4S. The molecule has 0 bridgehead atoms. The number of aliphatic hydroxyl groups is 1. The van der Waals surface area contributed by atoms with E-state index in [1.165, 1.54) is 23.3 Å². The van der Waals surface area contributed by atoms with Crippen molar-refractivity contribution < 1.29 is 19.4 Å². The summed E-state index contributed by atoms with van der Waals surface area (Å²) >= 11 is 1.35. The molecule has 0 aliphatic carbocycles. The smallest absolute Gasteiger partial charge is 0.301 e. The number of thiazole rings is 1. The third-order valence-corrected chi connectivity index (χ3v) is 7.25. The van der Waals surface area contributed by atoms with Crippen molar-refractivity contribution >= 4 is 44.1 Å². The lowest BCUT2D eigenvalue weighted by Gasteiger charge is -2.23. The van der Waals surface area contributed by atoms with Crippen LogP contribution in [0.25, 0.3) is 16.0 Å².